The molecule has 1 fully saturated rings. The molecule has 0 radical (unpaired) electrons. The number of benzene rings is 1. The zero-order chi connectivity index (χ0) is 19.5. The number of rotatable bonds is 6. The van der Waals surface area contributed by atoms with E-state index in [4.69, 9.17) is 9.47 Å². The van der Waals surface area contributed by atoms with Crippen molar-refractivity contribution in [2.45, 2.75) is 12.6 Å². The van der Waals surface area contributed by atoms with Gasteiger partial charge >= 0.3 is 0 Å². The van der Waals surface area contributed by atoms with E-state index in [0.717, 1.165) is 0 Å². The molecule has 0 atom stereocenters. The molecular weight excluding hydrogens is 364 g/mol. The number of para-hydroxylation sites is 2. The molecule has 1 aliphatic heterocycles. The number of methoxy groups -OCH3 is 1. The van der Waals surface area contributed by atoms with Gasteiger partial charge in [0, 0.05) is 6.20 Å². The van der Waals surface area contributed by atoms with Crippen molar-refractivity contribution in [3.05, 3.63) is 64.9 Å². The van der Waals surface area contributed by atoms with Crippen LogP contribution in [0.4, 0.5) is 0 Å². The predicted octanol–water partition coefficient (Wildman–Crippen LogP) is 0.322. The van der Waals surface area contributed by atoms with Crippen LogP contribution in [0.2, 0.25) is 0 Å². The minimum Gasteiger partial charge on any atom is -0.493 e. The van der Waals surface area contributed by atoms with E-state index in [9.17, 15) is 9.59 Å². The van der Waals surface area contributed by atoms with Gasteiger partial charge in [0.2, 0.25) is 0 Å². The summed E-state index contributed by atoms with van der Waals surface area (Å²) in [6, 6.07) is 7.33. The molecule has 3 heterocycles. The molecule has 0 saturated carbocycles. The fourth-order valence-electron chi connectivity index (χ4n) is 2.88. The Hall–Kier alpha value is -3.69. The summed E-state index contributed by atoms with van der Waals surface area (Å²) in [7, 11) is 1.57. The van der Waals surface area contributed by atoms with Crippen LogP contribution in [0.3, 0.4) is 0 Å². The summed E-state index contributed by atoms with van der Waals surface area (Å²) < 4.78 is 12.6. The van der Waals surface area contributed by atoms with Gasteiger partial charge in [0.1, 0.15) is 36.7 Å². The second-order valence-electron chi connectivity index (χ2n) is 6.27. The van der Waals surface area contributed by atoms with Crippen molar-refractivity contribution >= 4 is 5.91 Å². The van der Waals surface area contributed by atoms with Gasteiger partial charge in [0.15, 0.2) is 11.5 Å². The maximum atomic E-state index is 12.6. The number of H-pyrrole nitrogens is 1. The van der Waals surface area contributed by atoms with E-state index in [-0.39, 0.29) is 24.1 Å². The minimum atomic E-state index is -0.482. The van der Waals surface area contributed by atoms with Gasteiger partial charge in [-0.25, -0.2) is 14.6 Å². The first-order valence-corrected chi connectivity index (χ1v) is 8.63. The van der Waals surface area contributed by atoms with Gasteiger partial charge in [0.25, 0.3) is 11.5 Å². The molecule has 0 unspecified atom stereocenters. The summed E-state index contributed by atoms with van der Waals surface area (Å²) in [5.74, 6) is 1.28. The van der Waals surface area contributed by atoms with E-state index in [1.165, 1.54) is 23.5 Å². The van der Waals surface area contributed by atoms with Crippen molar-refractivity contribution in [2.75, 3.05) is 20.2 Å². The summed E-state index contributed by atoms with van der Waals surface area (Å²) in [6.07, 6.45) is 4.05. The zero-order valence-corrected chi connectivity index (χ0v) is 15.1. The van der Waals surface area contributed by atoms with Crippen LogP contribution in [0.15, 0.2) is 47.9 Å². The maximum absolute atomic E-state index is 12.6. The van der Waals surface area contributed by atoms with Crippen LogP contribution in [0.1, 0.15) is 16.2 Å². The molecule has 10 heteroatoms. The Morgan fingerprint density at radius 3 is 2.75 bits per heavy atom. The first-order chi connectivity index (χ1) is 13.6. The van der Waals surface area contributed by atoms with Crippen LogP contribution >= 0.6 is 0 Å². The fraction of sp³-hybridized carbons (Fsp3) is 0.278. The van der Waals surface area contributed by atoms with Crippen molar-refractivity contribution < 1.29 is 14.3 Å². The fourth-order valence-corrected chi connectivity index (χ4v) is 2.88. The van der Waals surface area contributed by atoms with Crippen molar-refractivity contribution in [1.82, 2.24) is 29.6 Å². The summed E-state index contributed by atoms with van der Waals surface area (Å²) in [4.78, 5) is 37.0. The topological polar surface area (TPSA) is 115 Å². The Kier molecular flexibility index (Phi) is 4.75. The highest BCUT2D eigenvalue weighted by Gasteiger charge is 2.34. The molecule has 1 amide bonds. The molecule has 0 aliphatic carbocycles. The third-order valence-corrected chi connectivity index (χ3v) is 4.36. The number of carbonyl (C=O) groups is 1. The van der Waals surface area contributed by atoms with Gasteiger partial charge < -0.3 is 19.4 Å². The zero-order valence-electron chi connectivity index (χ0n) is 15.1. The van der Waals surface area contributed by atoms with Gasteiger partial charge in [-0.05, 0) is 12.1 Å². The average molecular weight is 382 g/mol. The van der Waals surface area contributed by atoms with E-state index in [1.54, 1.807) is 12.0 Å². The first-order valence-electron chi connectivity index (χ1n) is 8.63. The third kappa shape index (κ3) is 3.56. The molecule has 4 rings (SSSR count). The van der Waals surface area contributed by atoms with Crippen molar-refractivity contribution in [1.29, 1.82) is 0 Å². The highest BCUT2D eigenvalue weighted by atomic mass is 16.5. The molecule has 1 saturated heterocycles. The summed E-state index contributed by atoms with van der Waals surface area (Å²) in [5.41, 5.74) is -0.484. The smallest absolute Gasteiger partial charge is 0.263 e. The number of hydrogen-bond donors (Lipinski definition) is 1. The van der Waals surface area contributed by atoms with Crippen molar-refractivity contribution in [3.8, 4) is 11.5 Å². The monoisotopic (exact) mass is 382 g/mol. The highest BCUT2D eigenvalue weighted by Crippen LogP contribution is 2.28. The van der Waals surface area contributed by atoms with Gasteiger partial charge in [0.05, 0.1) is 20.2 Å². The van der Waals surface area contributed by atoms with Crippen molar-refractivity contribution in [2.24, 2.45) is 0 Å². The molecule has 144 valence electrons. The Morgan fingerprint density at radius 1 is 1.29 bits per heavy atom. The van der Waals surface area contributed by atoms with Gasteiger partial charge in [-0.3, -0.25) is 9.59 Å². The molecule has 1 N–H and O–H groups in total. The van der Waals surface area contributed by atoms with E-state index in [1.807, 2.05) is 24.3 Å². The van der Waals surface area contributed by atoms with Crippen LogP contribution in [-0.2, 0) is 6.54 Å². The minimum absolute atomic E-state index is 0.00178. The lowest BCUT2D eigenvalue weighted by Crippen LogP contribution is -2.56. The molecule has 2 aromatic heterocycles. The summed E-state index contributed by atoms with van der Waals surface area (Å²) in [5, 5.41) is 3.95. The third-order valence-electron chi connectivity index (χ3n) is 4.36. The lowest BCUT2D eigenvalue weighted by atomic mass is 10.1. The Morgan fingerprint density at radius 2 is 2.07 bits per heavy atom. The maximum Gasteiger partial charge on any atom is 0.263 e. The number of carbonyl (C=O) groups excluding carboxylic acids is 1. The molecule has 0 bridgehead atoms. The normalized spacial score (nSPS) is 13.8. The Balaban J connectivity index is 1.37. The number of ether oxygens (including phenoxy) is 2. The lowest BCUT2D eigenvalue weighted by molar-refractivity contribution is 0.0167. The molecule has 1 aliphatic rings. The van der Waals surface area contributed by atoms with E-state index >= 15 is 0 Å². The molecule has 10 nitrogen and oxygen atoms in total. The largest absolute Gasteiger partial charge is 0.493 e. The quantitative estimate of drug-likeness (QED) is 0.653. The van der Waals surface area contributed by atoms with Gasteiger partial charge in [-0.15, -0.1) is 0 Å². The van der Waals surface area contributed by atoms with Crippen molar-refractivity contribution in [3.63, 3.8) is 0 Å². The standard InChI is InChI=1S/C18H18N6O4/c1-27-14-4-2-3-5-15(14)28-12-7-23(8-12)18(26)13-6-20-16(22-17(13)25)9-24-11-19-10-21-24/h2-6,10-12H,7-9H2,1H3,(H,20,22,25). The van der Waals surface area contributed by atoms with Crippen LogP contribution in [-0.4, -0.2) is 61.8 Å². The number of amides is 1. The Bertz CT molecular complexity index is 1030. The van der Waals surface area contributed by atoms with Gasteiger partial charge in [-0.2, -0.15) is 5.10 Å². The van der Waals surface area contributed by atoms with Crippen LogP contribution in [0.25, 0.3) is 0 Å². The van der Waals surface area contributed by atoms with E-state index < -0.39 is 5.56 Å². The number of nitrogens with one attached hydrogen (secondary N) is 1. The number of aromatic amines is 1. The number of nitrogens with zero attached hydrogens (tertiary/aromatic N) is 5. The SMILES string of the molecule is COc1ccccc1OC1CN(C(=O)c2cnc(Cn3cncn3)[nH]c2=O)C1. The van der Waals surface area contributed by atoms with E-state index in [0.29, 0.717) is 30.4 Å². The number of aromatic nitrogens is 5. The summed E-state index contributed by atoms with van der Waals surface area (Å²) in [6.45, 7) is 1.04. The Labute approximate surface area is 159 Å². The second kappa shape index (κ2) is 7.51. The van der Waals surface area contributed by atoms with E-state index in [2.05, 4.69) is 20.1 Å². The first kappa shape index (κ1) is 17.7. The molecule has 28 heavy (non-hydrogen) atoms. The number of likely N-dealkylation sites (tertiary alicyclic amines) is 1. The highest BCUT2D eigenvalue weighted by molar-refractivity contribution is 5.94. The predicted molar refractivity (Wildman–Crippen MR) is 97.3 cm³/mol. The summed E-state index contributed by atoms with van der Waals surface area (Å²) >= 11 is 0. The molecule has 0 spiro atoms. The van der Waals surface area contributed by atoms with Crippen LogP contribution in [0, 0.1) is 0 Å². The van der Waals surface area contributed by atoms with Crippen LogP contribution in [0.5, 0.6) is 11.5 Å². The second-order valence-corrected chi connectivity index (χ2v) is 6.27. The molecule has 3 aromatic rings. The average Bonchev–Trinajstić information content (AvgIpc) is 3.17. The molecule has 1 aromatic carbocycles. The van der Waals surface area contributed by atoms with Gasteiger partial charge in [-0.1, -0.05) is 12.1 Å². The molecular formula is C18H18N6O4. The van der Waals surface area contributed by atoms with Crippen LogP contribution < -0.4 is 15.0 Å². The number of hydrogen-bond acceptors (Lipinski definition) is 7. The lowest BCUT2D eigenvalue weighted by Gasteiger charge is -2.38.